The van der Waals surface area contributed by atoms with Crippen LogP contribution in [0.5, 0.6) is 11.5 Å². The average Bonchev–Trinajstić information content (AvgIpc) is 3.11. The van der Waals surface area contributed by atoms with Crippen LogP contribution >= 0.6 is 0 Å². The van der Waals surface area contributed by atoms with Crippen LogP contribution in [-0.2, 0) is 13.0 Å². The Morgan fingerprint density at radius 1 is 1.19 bits per heavy atom. The van der Waals surface area contributed by atoms with Crippen molar-refractivity contribution in [3.05, 3.63) is 52.4 Å². The number of halogens is 1. The van der Waals surface area contributed by atoms with Gasteiger partial charge in [-0.2, -0.15) is 0 Å². The SMILES string of the molecule is COc1cc(O[C@H]2C[C@@H](C/C=C\c3c(C)ncnc3C)C[C@@H]2O)c2c(c1F)CCNC2. The largest absolute Gasteiger partial charge is 0.494 e. The molecule has 1 aromatic heterocycles. The van der Waals surface area contributed by atoms with Crippen LogP contribution in [0.3, 0.4) is 0 Å². The van der Waals surface area contributed by atoms with Gasteiger partial charge in [-0.05, 0) is 52.0 Å². The van der Waals surface area contributed by atoms with Crippen LogP contribution in [0.25, 0.3) is 6.08 Å². The molecule has 0 radical (unpaired) electrons. The minimum absolute atomic E-state index is 0.193. The summed E-state index contributed by atoms with van der Waals surface area (Å²) in [6, 6.07) is 1.61. The Bertz CT molecular complexity index is 959. The monoisotopic (exact) mass is 427 g/mol. The van der Waals surface area contributed by atoms with E-state index in [1.54, 1.807) is 12.4 Å². The maximum atomic E-state index is 14.6. The molecule has 1 aromatic carbocycles. The zero-order valence-corrected chi connectivity index (χ0v) is 18.3. The molecule has 3 atom stereocenters. The van der Waals surface area contributed by atoms with Crippen molar-refractivity contribution in [1.29, 1.82) is 0 Å². The standard InChI is InChI=1S/C24H30FN3O3/c1-14-17(15(2)28-13-27-14)6-4-5-16-9-20(29)22(10-16)31-21-11-23(30-3)24(25)18-7-8-26-12-19(18)21/h4,6,11,13,16,20,22,26,29H,5,7-10,12H2,1-3H3/b6-4-/t16-,20-,22-/m0/s1. The third kappa shape index (κ3) is 4.57. The van der Waals surface area contributed by atoms with Gasteiger partial charge in [0.25, 0.3) is 0 Å². The molecule has 2 aromatic rings. The highest BCUT2D eigenvalue weighted by Gasteiger charge is 2.35. The molecule has 1 fully saturated rings. The molecular weight excluding hydrogens is 397 g/mol. The van der Waals surface area contributed by atoms with Crippen molar-refractivity contribution >= 4 is 6.08 Å². The molecule has 6 nitrogen and oxygen atoms in total. The zero-order valence-electron chi connectivity index (χ0n) is 18.3. The number of aryl methyl sites for hydroxylation is 2. The first kappa shape index (κ1) is 21.7. The summed E-state index contributed by atoms with van der Waals surface area (Å²) in [5.41, 5.74) is 4.44. The van der Waals surface area contributed by atoms with Gasteiger partial charge < -0.3 is 19.9 Å². The summed E-state index contributed by atoms with van der Waals surface area (Å²) in [5, 5.41) is 13.9. The molecule has 4 rings (SSSR count). The van der Waals surface area contributed by atoms with Gasteiger partial charge in [-0.1, -0.05) is 12.2 Å². The fourth-order valence-electron chi connectivity index (χ4n) is 4.61. The van der Waals surface area contributed by atoms with E-state index >= 15 is 0 Å². The molecule has 0 amide bonds. The number of aliphatic hydroxyl groups is 1. The summed E-state index contributed by atoms with van der Waals surface area (Å²) in [6.07, 6.45) is 7.77. The third-order valence-electron chi connectivity index (χ3n) is 6.36. The van der Waals surface area contributed by atoms with Crippen molar-refractivity contribution in [1.82, 2.24) is 15.3 Å². The van der Waals surface area contributed by atoms with Crippen molar-refractivity contribution < 1.29 is 19.0 Å². The summed E-state index contributed by atoms with van der Waals surface area (Å²) in [5.74, 6) is 0.807. The van der Waals surface area contributed by atoms with Crippen LogP contribution < -0.4 is 14.8 Å². The number of aliphatic hydroxyl groups excluding tert-OH is 1. The number of benzene rings is 1. The van der Waals surface area contributed by atoms with Gasteiger partial charge in [-0.25, -0.2) is 14.4 Å². The van der Waals surface area contributed by atoms with Gasteiger partial charge in [-0.15, -0.1) is 0 Å². The van der Waals surface area contributed by atoms with Gasteiger partial charge in [-0.3, -0.25) is 0 Å². The maximum absolute atomic E-state index is 14.6. The van der Waals surface area contributed by atoms with E-state index in [2.05, 4.69) is 27.4 Å². The lowest BCUT2D eigenvalue weighted by Crippen LogP contribution is -2.29. The van der Waals surface area contributed by atoms with Gasteiger partial charge in [0.2, 0.25) is 0 Å². The summed E-state index contributed by atoms with van der Waals surface area (Å²) >= 11 is 0. The number of nitrogens with zero attached hydrogens (tertiary/aromatic N) is 2. The lowest BCUT2D eigenvalue weighted by atomic mass is 9.98. The van der Waals surface area contributed by atoms with Crippen molar-refractivity contribution in [2.75, 3.05) is 13.7 Å². The van der Waals surface area contributed by atoms with Crippen LogP contribution in [-0.4, -0.2) is 40.9 Å². The molecule has 7 heteroatoms. The van der Waals surface area contributed by atoms with E-state index < -0.39 is 6.10 Å². The van der Waals surface area contributed by atoms with E-state index in [4.69, 9.17) is 9.47 Å². The van der Waals surface area contributed by atoms with E-state index in [0.29, 0.717) is 36.6 Å². The van der Waals surface area contributed by atoms with E-state index in [-0.39, 0.29) is 17.7 Å². The van der Waals surface area contributed by atoms with Crippen LogP contribution in [0.4, 0.5) is 4.39 Å². The number of aromatic nitrogens is 2. The Hall–Kier alpha value is -2.51. The smallest absolute Gasteiger partial charge is 0.168 e. The molecule has 2 heterocycles. The molecule has 0 bridgehead atoms. The fourth-order valence-corrected chi connectivity index (χ4v) is 4.61. The Morgan fingerprint density at radius 2 is 1.97 bits per heavy atom. The first-order valence-corrected chi connectivity index (χ1v) is 10.9. The number of nitrogens with one attached hydrogen (secondary N) is 1. The van der Waals surface area contributed by atoms with Crippen LogP contribution in [0, 0.1) is 25.6 Å². The van der Waals surface area contributed by atoms with E-state index in [9.17, 15) is 9.50 Å². The predicted octanol–water partition coefficient (Wildman–Crippen LogP) is 3.51. The van der Waals surface area contributed by atoms with Crippen molar-refractivity contribution in [2.24, 2.45) is 5.92 Å². The molecule has 0 saturated heterocycles. The Labute approximate surface area is 182 Å². The van der Waals surface area contributed by atoms with E-state index in [1.807, 2.05) is 13.8 Å². The number of hydrogen-bond acceptors (Lipinski definition) is 6. The Kier molecular flexibility index (Phi) is 6.53. The molecular formula is C24H30FN3O3. The molecule has 1 aliphatic carbocycles. The van der Waals surface area contributed by atoms with Crippen LogP contribution in [0.2, 0.25) is 0 Å². The minimum Gasteiger partial charge on any atom is -0.494 e. The molecule has 0 spiro atoms. The Balaban J connectivity index is 1.45. The third-order valence-corrected chi connectivity index (χ3v) is 6.36. The lowest BCUT2D eigenvalue weighted by molar-refractivity contribution is 0.0593. The minimum atomic E-state index is -0.551. The molecule has 2 N–H and O–H groups in total. The van der Waals surface area contributed by atoms with Crippen LogP contribution in [0.15, 0.2) is 18.5 Å². The van der Waals surface area contributed by atoms with Gasteiger partial charge in [0, 0.05) is 40.7 Å². The van der Waals surface area contributed by atoms with Gasteiger partial charge in [0.05, 0.1) is 13.2 Å². The molecule has 31 heavy (non-hydrogen) atoms. The van der Waals surface area contributed by atoms with Gasteiger partial charge in [0.15, 0.2) is 11.6 Å². The summed E-state index contributed by atoms with van der Waals surface area (Å²) in [4.78, 5) is 8.50. The number of ether oxygens (including phenoxy) is 2. The quantitative estimate of drug-likeness (QED) is 0.735. The number of hydrogen-bond donors (Lipinski definition) is 2. The second-order valence-electron chi connectivity index (χ2n) is 8.43. The van der Waals surface area contributed by atoms with Crippen LogP contribution in [0.1, 0.15) is 47.3 Å². The number of fused-ring (bicyclic) bond motifs is 1. The summed E-state index contributed by atoms with van der Waals surface area (Å²) in [6.45, 7) is 5.23. The first-order valence-electron chi connectivity index (χ1n) is 10.9. The van der Waals surface area contributed by atoms with Gasteiger partial charge >= 0.3 is 0 Å². The first-order chi connectivity index (χ1) is 15.0. The normalized spacial score (nSPS) is 23.2. The maximum Gasteiger partial charge on any atom is 0.168 e. The highest BCUT2D eigenvalue weighted by Crippen LogP contribution is 2.38. The molecule has 166 valence electrons. The number of rotatable bonds is 6. The summed E-state index contributed by atoms with van der Waals surface area (Å²) in [7, 11) is 1.46. The fraction of sp³-hybridized carbons (Fsp3) is 0.500. The highest BCUT2D eigenvalue weighted by molar-refractivity contribution is 5.53. The number of allylic oxidation sites excluding steroid dienone is 1. The van der Waals surface area contributed by atoms with Gasteiger partial charge in [0.1, 0.15) is 18.2 Å². The van der Waals surface area contributed by atoms with E-state index in [1.165, 1.54) is 7.11 Å². The molecule has 1 saturated carbocycles. The number of methoxy groups -OCH3 is 1. The second-order valence-corrected chi connectivity index (χ2v) is 8.43. The average molecular weight is 428 g/mol. The lowest BCUT2D eigenvalue weighted by Gasteiger charge is -2.25. The molecule has 2 aliphatic rings. The molecule has 1 aliphatic heterocycles. The predicted molar refractivity (Wildman–Crippen MR) is 117 cm³/mol. The van der Waals surface area contributed by atoms with Crippen molar-refractivity contribution in [3.8, 4) is 11.5 Å². The second kappa shape index (κ2) is 9.32. The highest BCUT2D eigenvalue weighted by atomic mass is 19.1. The summed E-state index contributed by atoms with van der Waals surface area (Å²) < 4.78 is 26.1. The zero-order chi connectivity index (χ0) is 22.0. The Morgan fingerprint density at radius 3 is 2.71 bits per heavy atom. The molecule has 0 unspecified atom stereocenters. The topological polar surface area (TPSA) is 76.5 Å². The van der Waals surface area contributed by atoms with Crippen molar-refractivity contribution in [2.45, 2.75) is 58.3 Å². The van der Waals surface area contributed by atoms with Crippen molar-refractivity contribution in [3.63, 3.8) is 0 Å². The van der Waals surface area contributed by atoms with E-state index in [0.717, 1.165) is 41.9 Å².